The number of rotatable bonds is 4. The van der Waals surface area contributed by atoms with Gasteiger partial charge in [0.25, 0.3) is 18.0 Å². The Kier molecular flexibility index (Phi) is 4.86. The van der Waals surface area contributed by atoms with Gasteiger partial charge in [0.2, 0.25) is 0 Å². The topological polar surface area (TPSA) is 83.8 Å². The second-order valence-electron chi connectivity index (χ2n) is 6.53. The van der Waals surface area contributed by atoms with E-state index < -0.39 is 46.9 Å². The third-order valence-corrected chi connectivity index (χ3v) is 4.26. The van der Waals surface area contributed by atoms with Gasteiger partial charge in [0, 0.05) is 0 Å². The highest BCUT2D eigenvalue weighted by Gasteiger charge is 2.32. The van der Waals surface area contributed by atoms with E-state index in [1.807, 2.05) is 4.98 Å². The minimum Gasteiger partial charge on any atom is -0.480 e. The van der Waals surface area contributed by atoms with E-state index >= 15 is 0 Å². The van der Waals surface area contributed by atoms with Crippen molar-refractivity contribution in [1.82, 2.24) is 19.7 Å². The summed E-state index contributed by atoms with van der Waals surface area (Å²) in [6.45, 7) is 3.43. The average Bonchev–Trinajstić information content (AvgIpc) is 2.94. The lowest BCUT2D eigenvalue weighted by molar-refractivity contribution is -0.137. The zero-order chi connectivity index (χ0) is 20.8. The van der Waals surface area contributed by atoms with Gasteiger partial charge >= 0.3 is 6.18 Å². The second-order valence-corrected chi connectivity index (χ2v) is 6.53. The number of alkyl halides is 5. The van der Waals surface area contributed by atoms with Crippen molar-refractivity contribution in [3.8, 4) is 6.01 Å². The second kappa shape index (κ2) is 6.88. The third-order valence-electron chi connectivity index (χ3n) is 4.26. The Morgan fingerprint density at radius 3 is 2.25 bits per heavy atom. The maximum atomic E-state index is 13.4. The SMILES string of the molecule is CC(C)[C@H](c1ccc(C(F)(F)F)cc1)n1nc(C(F)F)c2c(=O)[nH]c(O)nc21. The molecule has 0 bridgehead atoms. The first-order chi connectivity index (χ1) is 13.0. The maximum absolute atomic E-state index is 13.4. The standard InChI is InChI=1S/C17H15F5N4O2/c1-7(2)12(8-3-5-9(6-4-8)17(20,21)22)26-14-10(11(25-26)13(18)19)15(27)24-16(28)23-14/h3-7,12-13H,1-2H3,(H2,23,24,27,28)/t12-/m1/s1. The fraction of sp³-hybridized carbons (Fsp3) is 0.353. The summed E-state index contributed by atoms with van der Waals surface area (Å²) in [5.41, 5.74) is -2.59. The van der Waals surface area contributed by atoms with E-state index in [0.717, 1.165) is 16.8 Å². The number of benzene rings is 1. The van der Waals surface area contributed by atoms with Gasteiger partial charge in [-0.15, -0.1) is 0 Å². The number of nitrogens with one attached hydrogen (secondary N) is 1. The van der Waals surface area contributed by atoms with Crippen LogP contribution < -0.4 is 5.56 Å². The fourth-order valence-electron chi connectivity index (χ4n) is 3.08. The molecule has 0 aliphatic heterocycles. The summed E-state index contributed by atoms with van der Waals surface area (Å²) in [7, 11) is 0. The van der Waals surface area contributed by atoms with Gasteiger partial charge in [0.1, 0.15) is 11.1 Å². The Labute approximate surface area is 154 Å². The number of aromatic amines is 1. The van der Waals surface area contributed by atoms with Gasteiger partial charge in [0.05, 0.1) is 11.6 Å². The van der Waals surface area contributed by atoms with Crippen LogP contribution in [0.3, 0.4) is 0 Å². The van der Waals surface area contributed by atoms with Crippen LogP contribution in [-0.4, -0.2) is 24.9 Å². The molecule has 28 heavy (non-hydrogen) atoms. The van der Waals surface area contributed by atoms with Crippen molar-refractivity contribution in [2.45, 2.75) is 32.5 Å². The van der Waals surface area contributed by atoms with Crippen LogP contribution >= 0.6 is 0 Å². The molecular weight excluding hydrogens is 387 g/mol. The highest BCUT2D eigenvalue weighted by atomic mass is 19.4. The minimum absolute atomic E-state index is 0.282. The van der Waals surface area contributed by atoms with Crippen molar-refractivity contribution in [3.05, 3.63) is 51.4 Å². The Bertz CT molecular complexity index is 1050. The number of H-pyrrole nitrogens is 1. The molecular formula is C17H15F5N4O2. The lowest BCUT2D eigenvalue weighted by Gasteiger charge is -2.23. The Balaban J connectivity index is 2.23. The van der Waals surface area contributed by atoms with Gasteiger partial charge in [0.15, 0.2) is 5.65 Å². The summed E-state index contributed by atoms with van der Waals surface area (Å²) < 4.78 is 66.3. The van der Waals surface area contributed by atoms with E-state index in [1.54, 1.807) is 13.8 Å². The van der Waals surface area contributed by atoms with E-state index in [1.165, 1.54) is 12.1 Å². The van der Waals surface area contributed by atoms with Gasteiger partial charge in [-0.2, -0.15) is 23.3 Å². The highest BCUT2D eigenvalue weighted by molar-refractivity contribution is 5.78. The minimum atomic E-state index is -4.52. The summed E-state index contributed by atoms with van der Waals surface area (Å²) >= 11 is 0. The molecule has 3 aromatic rings. The molecule has 0 aliphatic carbocycles. The number of fused-ring (bicyclic) bond motifs is 1. The van der Waals surface area contributed by atoms with Gasteiger partial charge in [-0.25, -0.2) is 13.5 Å². The Morgan fingerprint density at radius 1 is 1.14 bits per heavy atom. The fourth-order valence-corrected chi connectivity index (χ4v) is 3.08. The number of aromatic nitrogens is 4. The van der Waals surface area contributed by atoms with E-state index in [2.05, 4.69) is 10.1 Å². The van der Waals surface area contributed by atoms with Crippen molar-refractivity contribution < 1.29 is 27.1 Å². The number of hydrogen-bond donors (Lipinski definition) is 2. The number of halogens is 5. The van der Waals surface area contributed by atoms with Crippen LogP contribution in [0.4, 0.5) is 22.0 Å². The van der Waals surface area contributed by atoms with Crippen LogP contribution in [0.5, 0.6) is 6.01 Å². The van der Waals surface area contributed by atoms with Crippen LogP contribution in [0, 0.1) is 5.92 Å². The summed E-state index contributed by atoms with van der Waals surface area (Å²) in [5, 5.41) is 12.9. The lowest BCUT2D eigenvalue weighted by Crippen LogP contribution is -2.19. The molecule has 2 aromatic heterocycles. The molecule has 150 valence electrons. The molecule has 0 spiro atoms. The largest absolute Gasteiger partial charge is 0.480 e. The Morgan fingerprint density at radius 2 is 1.75 bits per heavy atom. The molecule has 11 heteroatoms. The van der Waals surface area contributed by atoms with Crippen LogP contribution in [0.1, 0.15) is 43.1 Å². The van der Waals surface area contributed by atoms with Crippen molar-refractivity contribution in [2.75, 3.05) is 0 Å². The summed E-state index contributed by atoms with van der Waals surface area (Å²) in [6, 6.07) is 2.61. The van der Waals surface area contributed by atoms with Gasteiger partial charge < -0.3 is 5.11 Å². The smallest absolute Gasteiger partial charge is 0.416 e. The first-order valence-corrected chi connectivity index (χ1v) is 8.17. The van der Waals surface area contributed by atoms with Gasteiger partial charge in [-0.1, -0.05) is 26.0 Å². The van der Waals surface area contributed by atoms with E-state index in [9.17, 15) is 31.9 Å². The first-order valence-electron chi connectivity index (χ1n) is 8.17. The Hall–Kier alpha value is -2.98. The summed E-state index contributed by atoms with van der Waals surface area (Å²) in [6.07, 6.45) is -7.61. The lowest BCUT2D eigenvalue weighted by atomic mass is 9.95. The summed E-state index contributed by atoms with van der Waals surface area (Å²) in [5.74, 6) is -0.311. The van der Waals surface area contributed by atoms with E-state index in [4.69, 9.17) is 0 Å². The zero-order valence-corrected chi connectivity index (χ0v) is 14.6. The third kappa shape index (κ3) is 3.43. The quantitative estimate of drug-likeness (QED) is 0.646. The number of hydrogen-bond acceptors (Lipinski definition) is 4. The van der Waals surface area contributed by atoms with Gasteiger partial charge in [-0.3, -0.25) is 9.78 Å². The maximum Gasteiger partial charge on any atom is 0.416 e. The van der Waals surface area contributed by atoms with Crippen LogP contribution in [0.25, 0.3) is 11.0 Å². The predicted octanol–water partition coefficient (Wildman–Crippen LogP) is 4.03. The van der Waals surface area contributed by atoms with Gasteiger partial charge in [-0.05, 0) is 23.6 Å². The molecule has 0 saturated heterocycles. The molecule has 1 atom stereocenters. The van der Waals surface area contributed by atoms with Crippen molar-refractivity contribution in [1.29, 1.82) is 0 Å². The first kappa shape index (κ1) is 19.8. The molecule has 2 heterocycles. The molecule has 3 rings (SSSR count). The normalized spacial score (nSPS) is 13.6. The predicted molar refractivity (Wildman–Crippen MR) is 89.2 cm³/mol. The highest BCUT2D eigenvalue weighted by Crippen LogP contribution is 2.34. The molecule has 0 unspecified atom stereocenters. The zero-order valence-electron chi connectivity index (χ0n) is 14.6. The molecule has 0 fully saturated rings. The molecule has 0 amide bonds. The molecule has 2 N–H and O–H groups in total. The van der Waals surface area contributed by atoms with Crippen LogP contribution in [-0.2, 0) is 6.18 Å². The monoisotopic (exact) mass is 402 g/mol. The number of nitrogens with zero attached hydrogens (tertiary/aromatic N) is 3. The summed E-state index contributed by atoms with van der Waals surface area (Å²) in [4.78, 5) is 17.7. The number of aromatic hydroxyl groups is 1. The molecule has 0 saturated carbocycles. The van der Waals surface area contributed by atoms with E-state index in [0.29, 0.717) is 5.56 Å². The average molecular weight is 402 g/mol. The molecule has 0 aliphatic rings. The van der Waals surface area contributed by atoms with Crippen LogP contribution in [0.15, 0.2) is 29.1 Å². The molecule has 6 nitrogen and oxygen atoms in total. The van der Waals surface area contributed by atoms with Crippen molar-refractivity contribution >= 4 is 11.0 Å². The van der Waals surface area contributed by atoms with Crippen LogP contribution in [0.2, 0.25) is 0 Å². The van der Waals surface area contributed by atoms with Crippen molar-refractivity contribution in [3.63, 3.8) is 0 Å². The molecule has 0 radical (unpaired) electrons. The van der Waals surface area contributed by atoms with E-state index in [-0.39, 0.29) is 11.6 Å². The molecule has 1 aromatic carbocycles. The van der Waals surface area contributed by atoms with Crippen molar-refractivity contribution in [2.24, 2.45) is 5.92 Å².